The molecule has 0 saturated carbocycles. The number of hydrogen-bond acceptors (Lipinski definition) is 5. The minimum Gasteiger partial charge on any atom is -0.367 e. The molecule has 1 saturated heterocycles. The fourth-order valence-corrected chi connectivity index (χ4v) is 1.91. The lowest BCUT2D eigenvalue weighted by Crippen LogP contribution is -2.35. The van der Waals surface area contributed by atoms with Gasteiger partial charge in [-0.2, -0.15) is 0 Å². The van der Waals surface area contributed by atoms with Crippen molar-refractivity contribution in [3.63, 3.8) is 0 Å². The van der Waals surface area contributed by atoms with Gasteiger partial charge in [-0.25, -0.2) is 4.79 Å². The van der Waals surface area contributed by atoms with E-state index >= 15 is 0 Å². The summed E-state index contributed by atoms with van der Waals surface area (Å²) in [5, 5.41) is 3.42. The minimum atomic E-state index is -1.10. The fourth-order valence-electron chi connectivity index (χ4n) is 1.91. The highest BCUT2D eigenvalue weighted by Gasteiger charge is 2.39. The molecule has 1 amide bonds. The van der Waals surface area contributed by atoms with Crippen LogP contribution in [0.2, 0.25) is 0 Å². The molecule has 0 aromatic carbocycles. The Morgan fingerprint density at radius 3 is 2.95 bits per heavy atom. The zero-order valence-corrected chi connectivity index (χ0v) is 9.59. The van der Waals surface area contributed by atoms with Crippen molar-refractivity contribution in [2.45, 2.75) is 24.8 Å². The number of aromatic amines is 1. The van der Waals surface area contributed by atoms with E-state index in [0.29, 0.717) is 0 Å². The molecule has 10 heteroatoms. The molecule has 100 valence electrons. The van der Waals surface area contributed by atoms with Gasteiger partial charge in [0, 0.05) is 23.6 Å². The SMILES string of the molecule is [N-]=[N+]=N[C@H]1C[C@H](n2ccc(=O)[nH]c2=O)O[C@@H]1C(N)=O. The summed E-state index contributed by atoms with van der Waals surface area (Å²) in [6, 6.07) is 0.358. The molecule has 1 aliphatic heterocycles. The second-order valence-electron chi connectivity index (χ2n) is 3.94. The maximum Gasteiger partial charge on any atom is 0.330 e. The average molecular weight is 266 g/mol. The van der Waals surface area contributed by atoms with Gasteiger partial charge in [0.15, 0.2) is 0 Å². The third-order valence-electron chi connectivity index (χ3n) is 2.74. The Morgan fingerprint density at radius 2 is 2.37 bits per heavy atom. The number of rotatable bonds is 3. The Bertz CT molecular complexity index is 647. The van der Waals surface area contributed by atoms with Crippen molar-refractivity contribution in [1.29, 1.82) is 0 Å². The molecular weight excluding hydrogens is 256 g/mol. The quantitative estimate of drug-likeness (QED) is 0.408. The lowest BCUT2D eigenvalue weighted by atomic mass is 10.1. The number of nitrogens with zero attached hydrogens (tertiary/aromatic N) is 4. The first-order chi connectivity index (χ1) is 9.02. The van der Waals surface area contributed by atoms with Crippen molar-refractivity contribution < 1.29 is 9.53 Å². The summed E-state index contributed by atoms with van der Waals surface area (Å²) in [4.78, 5) is 38.4. The predicted molar refractivity (Wildman–Crippen MR) is 62.0 cm³/mol. The third kappa shape index (κ3) is 2.49. The van der Waals surface area contributed by atoms with Crippen LogP contribution in [0.5, 0.6) is 0 Å². The number of carbonyl (C=O) groups excluding carboxylic acids is 1. The topological polar surface area (TPSA) is 156 Å². The highest BCUT2D eigenvalue weighted by molar-refractivity contribution is 5.80. The van der Waals surface area contributed by atoms with Crippen LogP contribution in [0, 0.1) is 0 Å². The number of nitrogens with one attached hydrogen (secondary N) is 1. The van der Waals surface area contributed by atoms with E-state index in [9.17, 15) is 14.4 Å². The number of nitrogens with two attached hydrogens (primary N) is 1. The van der Waals surface area contributed by atoms with Crippen LogP contribution in [0.4, 0.5) is 0 Å². The average Bonchev–Trinajstić information content (AvgIpc) is 2.73. The molecule has 10 nitrogen and oxygen atoms in total. The summed E-state index contributed by atoms with van der Waals surface area (Å²) in [7, 11) is 0. The summed E-state index contributed by atoms with van der Waals surface area (Å²) in [5.41, 5.74) is 12.3. The maximum absolute atomic E-state index is 11.6. The molecule has 0 unspecified atom stereocenters. The first-order valence-electron chi connectivity index (χ1n) is 5.33. The molecule has 2 heterocycles. The molecule has 0 aliphatic carbocycles. The molecule has 0 radical (unpaired) electrons. The van der Waals surface area contributed by atoms with Crippen molar-refractivity contribution in [1.82, 2.24) is 9.55 Å². The lowest BCUT2D eigenvalue weighted by Gasteiger charge is -2.13. The Labute approximate surface area is 105 Å². The number of amides is 1. The van der Waals surface area contributed by atoms with Crippen LogP contribution in [0.1, 0.15) is 12.6 Å². The molecule has 1 aromatic heterocycles. The van der Waals surface area contributed by atoms with E-state index in [2.05, 4.69) is 15.0 Å². The van der Waals surface area contributed by atoms with Crippen LogP contribution in [0.25, 0.3) is 10.4 Å². The van der Waals surface area contributed by atoms with E-state index in [1.165, 1.54) is 6.20 Å². The molecule has 19 heavy (non-hydrogen) atoms. The monoisotopic (exact) mass is 266 g/mol. The van der Waals surface area contributed by atoms with Crippen LogP contribution in [0.3, 0.4) is 0 Å². The fraction of sp³-hybridized carbons (Fsp3) is 0.444. The van der Waals surface area contributed by atoms with Crippen LogP contribution >= 0.6 is 0 Å². The van der Waals surface area contributed by atoms with Crippen LogP contribution in [0.15, 0.2) is 27.0 Å². The summed E-state index contributed by atoms with van der Waals surface area (Å²) in [6.07, 6.45) is -0.566. The van der Waals surface area contributed by atoms with Gasteiger partial charge < -0.3 is 10.5 Å². The van der Waals surface area contributed by atoms with Crippen molar-refractivity contribution in [2.75, 3.05) is 0 Å². The Hall–Kier alpha value is -2.58. The van der Waals surface area contributed by atoms with Crippen LogP contribution in [-0.4, -0.2) is 27.6 Å². The van der Waals surface area contributed by atoms with Gasteiger partial charge in [-0.3, -0.25) is 19.1 Å². The second kappa shape index (κ2) is 4.96. The number of carbonyl (C=O) groups is 1. The number of primary amides is 1. The summed E-state index contributed by atoms with van der Waals surface area (Å²) < 4.78 is 6.40. The normalized spacial score (nSPS) is 25.8. The Balaban J connectivity index is 2.33. The molecule has 1 fully saturated rings. The van der Waals surface area contributed by atoms with E-state index in [1.807, 2.05) is 0 Å². The van der Waals surface area contributed by atoms with E-state index in [1.54, 1.807) is 0 Å². The first kappa shape index (κ1) is 12.9. The standard InChI is InChI=1S/C9H10N6O4/c10-8(17)7-4(13-14-11)3-6(19-7)15-2-1-5(16)12-9(15)18/h1-2,4,6-7H,3H2,(H2,10,17)(H,12,16,18)/t4-,6+,7-/m0/s1. The second-order valence-corrected chi connectivity index (χ2v) is 3.94. The van der Waals surface area contributed by atoms with E-state index in [0.717, 1.165) is 10.6 Å². The van der Waals surface area contributed by atoms with Gasteiger partial charge in [0.05, 0.1) is 6.04 Å². The van der Waals surface area contributed by atoms with Gasteiger partial charge in [-0.05, 0) is 5.53 Å². The number of H-pyrrole nitrogens is 1. The number of azide groups is 1. The smallest absolute Gasteiger partial charge is 0.330 e. The van der Waals surface area contributed by atoms with E-state index < -0.39 is 35.5 Å². The predicted octanol–water partition coefficient (Wildman–Crippen LogP) is -1.01. The maximum atomic E-state index is 11.6. The molecule has 1 aliphatic rings. The van der Waals surface area contributed by atoms with Crippen LogP contribution in [-0.2, 0) is 9.53 Å². The van der Waals surface area contributed by atoms with Crippen molar-refractivity contribution in [3.05, 3.63) is 43.5 Å². The number of aromatic nitrogens is 2. The van der Waals surface area contributed by atoms with Gasteiger partial charge in [0.2, 0.25) is 5.91 Å². The molecule has 3 N–H and O–H groups in total. The first-order valence-corrected chi connectivity index (χ1v) is 5.33. The molecule has 1 aromatic rings. The van der Waals surface area contributed by atoms with Gasteiger partial charge >= 0.3 is 5.69 Å². The summed E-state index contributed by atoms with van der Waals surface area (Å²) in [5.74, 6) is -0.780. The minimum absolute atomic E-state index is 0.115. The number of ether oxygens (including phenoxy) is 1. The van der Waals surface area contributed by atoms with Crippen molar-refractivity contribution in [3.8, 4) is 0 Å². The largest absolute Gasteiger partial charge is 0.367 e. The Kier molecular flexibility index (Phi) is 3.36. The molecule has 0 bridgehead atoms. The zero-order chi connectivity index (χ0) is 14.0. The summed E-state index contributed by atoms with van der Waals surface area (Å²) in [6.45, 7) is 0. The van der Waals surface area contributed by atoms with Crippen molar-refractivity contribution >= 4 is 5.91 Å². The van der Waals surface area contributed by atoms with Gasteiger partial charge in [-0.1, -0.05) is 5.11 Å². The molecule has 3 atom stereocenters. The van der Waals surface area contributed by atoms with E-state index in [-0.39, 0.29) is 6.42 Å². The highest BCUT2D eigenvalue weighted by Crippen LogP contribution is 2.29. The Morgan fingerprint density at radius 1 is 1.63 bits per heavy atom. The van der Waals surface area contributed by atoms with Crippen molar-refractivity contribution in [2.24, 2.45) is 10.8 Å². The van der Waals surface area contributed by atoms with Gasteiger partial charge in [0.1, 0.15) is 12.3 Å². The highest BCUT2D eigenvalue weighted by atomic mass is 16.5. The molecule has 2 rings (SSSR count). The van der Waals surface area contributed by atoms with Crippen LogP contribution < -0.4 is 17.0 Å². The third-order valence-corrected chi connectivity index (χ3v) is 2.74. The molecule has 0 spiro atoms. The lowest BCUT2D eigenvalue weighted by molar-refractivity contribution is -0.131. The van der Waals surface area contributed by atoms with Gasteiger partial charge in [0.25, 0.3) is 5.56 Å². The number of hydrogen-bond donors (Lipinski definition) is 2. The zero-order valence-electron chi connectivity index (χ0n) is 9.59. The van der Waals surface area contributed by atoms with Gasteiger partial charge in [-0.15, -0.1) is 0 Å². The van der Waals surface area contributed by atoms with E-state index in [4.69, 9.17) is 16.0 Å². The molecular formula is C9H10N6O4. The summed E-state index contributed by atoms with van der Waals surface area (Å²) >= 11 is 0.